The summed E-state index contributed by atoms with van der Waals surface area (Å²) in [6, 6.07) is 9.62. The summed E-state index contributed by atoms with van der Waals surface area (Å²) in [7, 11) is -3.84. The smallest absolute Gasteiger partial charge is 0.409 e. The molecule has 2 rings (SSSR count). The molecular formula is C16H19N3O4S. The summed E-state index contributed by atoms with van der Waals surface area (Å²) in [5.41, 5.74) is 0. The van der Waals surface area contributed by atoms with Crippen molar-refractivity contribution in [2.75, 3.05) is 32.8 Å². The molecule has 0 radical (unpaired) electrons. The van der Waals surface area contributed by atoms with Crippen molar-refractivity contribution in [3.8, 4) is 6.07 Å². The monoisotopic (exact) mass is 349 g/mol. The van der Waals surface area contributed by atoms with Gasteiger partial charge in [0.15, 0.2) is 4.91 Å². The third-order valence-electron chi connectivity index (χ3n) is 3.59. The summed E-state index contributed by atoms with van der Waals surface area (Å²) < 4.78 is 29.9. The highest BCUT2D eigenvalue weighted by atomic mass is 32.2. The normalized spacial score (nSPS) is 15.8. The molecule has 1 aliphatic heterocycles. The molecule has 0 unspecified atom stereocenters. The van der Waals surface area contributed by atoms with Crippen molar-refractivity contribution in [2.45, 2.75) is 11.8 Å². The van der Waals surface area contributed by atoms with Gasteiger partial charge in [0.1, 0.15) is 6.07 Å². The molecule has 1 aromatic carbocycles. The number of sulfone groups is 1. The number of carbonyl (C=O) groups excluding carboxylic acids is 1. The second-order valence-corrected chi connectivity index (χ2v) is 7.06. The van der Waals surface area contributed by atoms with Gasteiger partial charge in [-0.15, -0.1) is 0 Å². The first-order chi connectivity index (χ1) is 11.5. The third-order valence-corrected chi connectivity index (χ3v) is 5.26. The molecule has 0 saturated carbocycles. The minimum Gasteiger partial charge on any atom is -0.450 e. The fourth-order valence-corrected chi connectivity index (χ4v) is 3.48. The first-order valence-corrected chi connectivity index (χ1v) is 9.05. The molecule has 0 aromatic heterocycles. The van der Waals surface area contributed by atoms with Crippen molar-refractivity contribution in [1.29, 1.82) is 5.26 Å². The standard InChI is InChI=1S/C16H19N3O4S/c1-2-23-16(20)19-10-8-18(9-11-19)13-15(12-17)24(21,22)14-6-4-3-5-7-14/h3-7,13H,2,8-11H2,1H3/b15-13-. The van der Waals surface area contributed by atoms with Crippen molar-refractivity contribution < 1.29 is 17.9 Å². The number of benzene rings is 1. The van der Waals surface area contributed by atoms with Gasteiger partial charge in [-0.05, 0) is 19.1 Å². The van der Waals surface area contributed by atoms with E-state index >= 15 is 0 Å². The molecule has 0 aliphatic carbocycles. The van der Waals surface area contributed by atoms with Crippen LogP contribution in [0.5, 0.6) is 0 Å². The Balaban J connectivity index is 2.10. The van der Waals surface area contributed by atoms with Crippen molar-refractivity contribution in [2.24, 2.45) is 0 Å². The Kier molecular flexibility index (Phi) is 5.82. The van der Waals surface area contributed by atoms with Gasteiger partial charge >= 0.3 is 6.09 Å². The summed E-state index contributed by atoms with van der Waals surface area (Å²) >= 11 is 0. The Morgan fingerprint density at radius 1 is 1.25 bits per heavy atom. The molecule has 1 heterocycles. The van der Waals surface area contributed by atoms with Gasteiger partial charge in [-0.1, -0.05) is 18.2 Å². The van der Waals surface area contributed by atoms with Crippen molar-refractivity contribution in [1.82, 2.24) is 9.80 Å². The highest BCUT2D eigenvalue weighted by molar-refractivity contribution is 7.95. The molecule has 1 aromatic rings. The fraction of sp³-hybridized carbons (Fsp3) is 0.375. The van der Waals surface area contributed by atoms with E-state index < -0.39 is 9.84 Å². The van der Waals surface area contributed by atoms with E-state index in [9.17, 15) is 18.5 Å². The van der Waals surface area contributed by atoms with Crippen LogP contribution < -0.4 is 0 Å². The van der Waals surface area contributed by atoms with E-state index in [2.05, 4.69) is 0 Å². The predicted molar refractivity (Wildman–Crippen MR) is 87.5 cm³/mol. The van der Waals surface area contributed by atoms with Crippen LogP contribution in [0.3, 0.4) is 0 Å². The number of hydrogen-bond acceptors (Lipinski definition) is 6. The first-order valence-electron chi connectivity index (χ1n) is 7.57. The summed E-state index contributed by atoms with van der Waals surface area (Å²) in [4.78, 5) is 14.7. The fourth-order valence-electron chi connectivity index (χ4n) is 2.30. The Bertz CT molecular complexity index is 745. The number of nitrogens with zero attached hydrogens (tertiary/aromatic N) is 3. The highest BCUT2D eigenvalue weighted by Gasteiger charge is 2.24. The minimum atomic E-state index is -3.84. The lowest BCUT2D eigenvalue weighted by Crippen LogP contribution is -2.47. The molecule has 1 aliphatic rings. The van der Waals surface area contributed by atoms with Gasteiger partial charge in [0.25, 0.3) is 0 Å². The van der Waals surface area contributed by atoms with Crippen LogP contribution in [0, 0.1) is 11.3 Å². The van der Waals surface area contributed by atoms with Crippen LogP contribution in [0.1, 0.15) is 6.92 Å². The maximum atomic E-state index is 12.5. The number of carbonyl (C=O) groups is 1. The lowest BCUT2D eigenvalue weighted by Gasteiger charge is -2.33. The molecule has 128 valence electrons. The number of rotatable bonds is 4. The quantitative estimate of drug-likeness (QED) is 0.767. The first kappa shape index (κ1) is 17.8. The van der Waals surface area contributed by atoms with Crippen LogP contribution in [0.2, 0.25) is 0 Å². The largest absolute Gasteiger partial charge is 0.450 e. The topological polar surface area (TPSA) is 90.7 Å². The molecule has 0 bridgehead atoms. The van der Waals surface area contributed by atoms with Crippen molar-refractivity contribution in [3.05, 3.63) is 41.4 Å². The number of hydrogen-bond donors (Lipinski definition) is 0. The zero-order valence-corrected chi connectivity index (χ0v) is 14.2. The lowest BCUT2D eigenvalue weighted by atomic mass is 10.3. The van der Waals surface area contributed by atoms with Crippen LogP contribution in [0.4, 0.5) is 4.79 Å². The van der Waals surface area contributed by atoms with Gasteiger partial charge in [-0.25, -0.2) is 13.2 Å². The van der Waals surface area contributed by atoms with Gasteiger partial charge in [-0.2, -0.15) is 5.26 Å². The minimum absolute atomic E-state index is 0.0861. The highest BCUT2D eigenvalue weighted by Crippen LogP contribution is 2.19. The van der Waals surface area contributed by atoms with Crippen molar-refractivity contribution >= 4 is 15.9 Å². The second kappa shape index (κ2) is 7.84. The molecule has 0 N–H and O–H groups in total. The number of amides is 1. The van der Waals surface area contributed by atoms with E-state index in [4.69, 9.17) is 4.74 Å². The predicted octanol–water partition coefficient (Wildman–Crippen LogP) is 1.60. The maximum absolute atomic E-state index is 12.5. The molecule has 1 fully saturated rings. The van der Waals surface area contributed by atoms with E-state index in [1.165, 1.54) is 18.3 Å². The van der Waals surface area contributed by atoms with Crippen molar-refractivity contribution in [3.63, 3.8) is 0 Å². The Hall–Kier alpha value is -2.53. The van der Waals surface area contributed by atoms with E-state index in [1.54, 1.807) is 41.0 Å². The van der Waals surface area contributed by atoms with Gasteiger partial charge in [0.05, 0.1) is 11.5 Å². The average Bonchev–Trinajstić information content (AvgIpc) is 2.61. The van der Waals surface area contributed by atoms with Crippen LogP contribution in [0.15, 0.2) is 46.3 Å². The summed E-state index contributed by atoms with van der Waals surface area (Å²) in [5, 5.41) is 9.26. The van der Waals surface area contributed by atoms with Crippen LogP contribution >= 0.6 is 0 Å². The zero-order chi connectivity index (χ0) is 17.6. The lowest BCUT2D eigenvalue weighted by molar-refractivity contribution is 0.0890. The summed E-state index contributed by atoms with van der Waals surface area (Å²) in [6.07, 6.45) is 0.976. The molecule has 24 heavy (non-hydrogen) atoms. The molecule has 0 spiro atoms. The van der Waals surface area contributed by atoms with Crippen LogP contribution in [0.25, 0.3) is 0 Å². The Morgan fingerprint density at radius 3 is 2.42 bits per heavy atom. The van der Waals surface area contributed by atoms with Gasteiger partial charge < -0.3 is 14.5 Å². The maximum Gasteiger partial charge on any atom is 0.409 e. The zero-order valence-electron chi connectivity index (χ0n) is 13.4. The molecule has 1 saturated heterocycles. The summed E-state index contributed by atoms with van der Waals surface area (Å²) in [6.45, 7) is 3.76. The SMILES string of the molecule is CCOC(=O)N1CCN(/C=C(/C#N)S(=O)(=O)c2ccccc2)CC1. The Morgan fingerprint density at radius 2 is 1.88 bits per heavy atom. The van der Waals surface area contributed by atoms with E-state index in [-0.39, 0.29) is 15.9 Å². The number of ether oxygens (including phenoxy) is 1. The van der Waals surface area contributed by atoms with E-state index in [0.29, 0.717) is 32.8 Å². The molecule has 0 atom stereocenters. The Labute approximate surface area is 141 Å². The number of allylic oxidation sites excluding steroid dienone is 1. The van der Waals surface area contributed by atoms with Gasteiger partial charge in [0, 0.05) is 32.4 Å². The molecular weight excluding hydrogens is 330 g/mol. The van der Waals surface area contributed by atoms with Gasteiger partial charge in [-0.3, -0.25) is 0 Å². The van der Waals surface area contributed by atoms with Crippen LogP contribution in [-0.4, -0.2) is 57.1 Å². The molecule has 7 nitrogen and oxygen atoms in total. The second-order valence-electron chi connectivity index (χ2n) is 5.14. The van der Waals surface area contributed by atoms with Gasteiger partial charge in [0.2, 0.25) is 9.84 Å². The molecule has 1 amide bonds. The van der Waals surface area contributed by atoms with Crippen LogP contribution in [-0.2, 0) is 14.6 Å². The number of nitriles is 1. The molecule has 8 heteroatoms. The van der Waals surface area contributed by atoms with E-state index in [1.807, 2.05) is 0 Å². The number of piperazine rings is 1. The van der Waals surface area contributed by atoms with E-state index in [0.717, 1.165) is 0 Å². The third kappa shape index (κ3) is 4.06. The average molecular weight is 349 g/mol. The summed E-state index contributed by atoms with van der Waals surface area (Å²) in [5.74, 6) is 0.